The predicted molar refractivity (Wildman–Crippen MR) is 75.3 cm³/mol. The highest BCUT2D eigenvalue weighted by atomic mass is 16.5. The Morgan fingerprint density at radius 1 is 1.25 bits per heavy atom. The first kappa shape index (κ1) is 16.9. The van der Waals surface area contributed by atoms with Crippen molar-refractivity contribution in [3.63, 3.8) is 0 Å². The van der Waals surface area contributed by atoms with Crippen LogP contribution in [0.1, 0.15) is 33.6 Å². The van der Waals surface area contributed by atoms with Gasteiger partial charge >= 0.3 is 0 Å². The maximum Gasteiger partial charge on any atom is 0.248 e. The van der Waals surface area contributed by atoms with Crippen LogP contribution < -0.4 is 5.32 Å². The van der Waals surface area contributed by atoms with Gasteiger partial charge in [0.1, 0.15) is 11.6 Å². The Morgan fingerprint density at radius 3 is 2.55 bits per heavy atom. The predicted octanol–water partition coefficient (Wildman–Crippen LogP) is 0.555. The summed E-state index contributed by atoms with van der Waals surface area (Å²) in [4.78, 5) is 26.2. The number of carbonyl (C=O) groups is 2. The van der Waals surface area contributed by atoms with E-state index >= 15 is 0 Å². The summed E-state index contributed by atoms with van der Waals surface area (Å²) in [5, 5.41) is 2.79. The van der Waals surface area contributed by atoms with Crippen molar-refractivity contribution in [2.75, 3.05) is 33.5 Å². The van der Waals surface area contributed by atoms with Gasteiger partial charge in [0, 0.05) is 13.7 Å². The maximum absolute atomic E-state index is 12.4. The minimum Gasteiger partial charge on any atom is -0.382 e. The molecule has 1 unspecified atom stereocenters. The summed E-state index contributed by atoms with van der Waals surface area (Å²) in [6, 6.07) is -0.383. The Hall–Kier alpha value is -1.14. The van der Waals surface area contributed by atoms with Gasteiger partial charge < -0.3 is 19.7 Å². The second-order valence-corrected chi connectivity index (χ2v) is 5.52. The minimum absolute atomic E-state index is 0.0501. The molecule has 0 aromatic carbocycles. The molecular weight excluding hydrogens is 260 g/mol. The number of hydrogen-bond acceptors (Lipinski definition) is 4. The fourth-order valence-electron chi connectivity index (χ4n) is 2.31. The van der Waals surface area contributed by atoms with Gasteiger partial charge in [0.2, 0.25) is 11.8 Å². The number of methoxy groups -OCH3 is 1. The van der Waals surface area contributed by atoms with Crippen molar-refractivity contribution >= 4 is 11.8 Å². The third kappa shape index (κ3) is 4.18. The molecular formula is C14H26N2O4. The zero-order valence-electron chi connectivity index (χ0n) is 12.9. The topological polar surface area (TPSA) is 67.9 Å². The molecule has 6 nitrogen and oxygen atoms in total. The quantitative estimate of drug-likeness (QED) is 0.662. The molecule has 1 N–H and O–H groups in total. The Morgan fingerprint density at radius 2 is 1.95 bits per heavy atom. The van der Waals surface area contributed by atoms with Crippen molar-refractivity contribution in [3.05, 3.63) is 0 Å². The average molecular weight is 286 g/mol. The van der Waals surface area contributed by atoms with Crippen molar-refractivity contribution in [3.8, 4) is 0 Å². The lowest BCUT2D eigenvalue weighted by atomic mass is 9.95. The first-order chi connectivity index (χ1) is 9.44. The van der Waals surface area contributed by atoms with Gasteiger partial charge in [-0.15, -0.1) is 0 Å². The monoisotopic (exact) mass is 286 g/mol. The van der Waals surface area contributed by atoms with Gasteiger partial charge in [0.25, 0.3) is 0 Å². The van der Waals surface area contributed by atoms with Crippen molar-refractivity contribution in [2.24, 2.45) is 0 Å². The lowest BCUT2D eigenvalue weighted by molar-refractivity contribution is -0.154. The van der Waals surface area contributed by atoms with Crippen LogP contribution in [-0.2, 0) is 19.1 Å². The standard InChI is InChI=1S/C14H26N2O4/c1-5-6-11-12(17)15-14(2,3)13(18)16(11)7-8-20-10-9-19-4/h11H,5-10H2,1-4H3,(H,15,17). The molecule has 6 heteroatoms. The van der Waals surface area contributed by atoms with Crippen LogP contribution in [-0.4, -0.2) is 61.8 Å². The molecule has 1 rings (SSSR count). The van der Waals surface area contributed by atoms with E-state index in [0.29, 0.717) is 32.8 Å². The van der Waals surface area contributed by atoms with Crippen LogP contribution in [0.15, 0.2) is 0 Å². The van der Waals surface area contributed by atoms with E-state index < -0.39 is 5.54 Å². The summed E-state index contributed by atoms with van der Waals surface area (Å²) in [7, 11) is 1.61. The largest absolute Gasteiger partial charge is 0.382 e. The van der Waals surface area contributed by atoms with E-state index in [1.54, 1.807) is 25.9 Å². The number of amides is 2. The van der Waals surface area contributed by atoms with Crippen molar-refractivity contribution in [1.29, 1.82) is 0 Å². The fourth-order valence-corrected chi connectivity index (χ4v) is 2.31. The summed E-state index contributed by atoms with van der Waals surface area (Å²) in [5.41, 5.74) is -0.839. The lowest BCUT2D eigenvalue weighted by Crippen LogP contribution is -2.68. The summed E-state index contributed by atoms with van der Waals surface area (Å²) < 4.78 is 10.3. The second kappa shape index (κ2) is 7.59. The summed E-state index contributed by atoms with van der Waals surface area (Å²) in [6.07, 6.45) is 1.53. The molecule has 0 bridgehead atoms. The molecule has 116 valence electrons. The molecule has 1 atom stereocenters. The molecule has 0 radical (unpaired) electrons. The van der Waals surface area contributed by atoms with Gasteiger partial charge in [0.05, 0.1) is 19.8 Å². The van der Waals surface area contributed by atoms with Gasteiger partial charge in [-0.05, 0) is 20.3 Å². The van der Waals surface area contributed by atoms with Gasteiger partial charge in [-0.25, -0.2) is 0 Å². The van der Waals surface area contributed by atoms with Crippen LogP contribution in [0.2, 0.25) is 0 Å². The fraction of sp³-hybridized carbons (Fsp3) is 0.857. The maximum atomic E-state index is 12.4. The normalized spacial score (nSPS) is 22.0. The van der Waals surface area contributed by atoms with Crippen molar-refractivity contribution in [1.82, 2.24) is 10.2 Å². The van der Waals surface area contributed by atoms with E-state index in [2.05, 4.69) is 5.32 Å². The Labute approximate surface area is 120 Å². The van der Waals surface area contributed by atoms with Crippen LogP contribution >= 0.6 is 0 Å². The molecule has 0 aromatic heterocycles. The average Bonchev–Trinajstić information content (AvgIpc) is 2.38. The first-order valence-electron chi connectivity index (χ1n) is 7.13. The number of piperazine rings is 1. The molecule has 0 aliphatic carbocycles. The zero-order valence-corrected chi connectivity index (χ0v) is 12.9. The molecule has 1 aliphatic heterocycles. The Bertz CT molecular complexity index is 344. The minimum atomic E-state index is -0.839. The van der Waals surface area contributed by atoms with E-state index in [-0.39, 0.29) is 17.9 Å². The molecule has 1 aliphatic rings. The molecule has 2 amide bonds. The zero-order chi connectivity index (χ0) is 15.2. The molecule has 1 heterocycles. The molecule has 1 saturated heterocycles. The van der Waals surface area contributed by atoms with Crippen molar-refractivity contribution in [2.45, 2.75) is 45.2 Å². The van der Waals surface area contributed by atoms with Crippen LogP contribution in [0.5, 0.6) is 0 Å². The Kier molecular flexibility index (Phi) is 6.42. The number of nitrogens with one attached hydrogen (secondary N) is 1. The van der Waals surface area contributed by atoms with Gasteiger partial charge in [-0.1, -0.05) is 13.3 Å². The van der Waals surface area contributed by atoms with E-state index in [4.69, 9.17) is 9.47 Å². The lowest BCUT2D eigenvalue weighted by Gasteiger charge is -2.42. The van der Waals surface area contributed by atoms with Gasteiger partial charge in [0.15, 0.2) is 0 Å². The molecule has 1 fully saturated rings. The Balaban J connectivity index is 2.64. The highest BCUT2D eigenvalue weighted by Gasteiger charge is 2.44. The third-order valence-corrected chi connectivity index (χ3v) is 3.38. The second-order valence-electron chi connectivity index (χ2n) is 5.52. The number of ether oxygens (including phenoxy) is 2. The summed E-state index contributed by atoms with van der Waals surface area (Å²) in [6.45, 7) is 7.33. The molecule has 0 aromatic rings. The summed E-state index contributed by atoms with van der Waals surface area (Å²) in [5.74, 6) is -0.126. The smallest absolute Gasteiger partial charge is 0.248 e. The van der Waals surface area contributed by atoms with E-state index in [1.807, 2.05) is 6.92 Å². The van der Waals surface area contributed by atoms with E-state index in [1.165, 1.54) is 0 Å². The highest BCUT2D eigenvalue weighted by Crippen LogP contribution is 2.20. The molecule has 20 heavy (non-hydrogen) atoms. The number of nitrogens with zero attached hydrogens (tertiary/aromatic N) is 1. The van der Waals surface area contributed by atoms with E-state index in [0.717, 1.165) is 6.42 Å². The van der Waals surface area contributed by atoms with Gasteiger partial charge in [-0.2, -0.15) is 0 Å². The number of hydrogen-bond donors (Lipinski definition) is 1. The molecule has 0 saturated carbocycles. The molecule has 0 spiro atoms. The number of carbonyl (C=O) groups excluding carboxylic acids is 2. The van der Waals surface area contributed by atoms with Crippen LogP contribution in [0, 0.1) is 0 Å². The highest BCUT2D eigenvalue weighted by molar-refractivity contribution is 5.99. The SMILES string of the molecule is CCCC1C(=O)NC(C)(C)C(=O)N1CCOCCOC. The van der Waals surface area contributed by atoms with Crippen LogP contribution in [0.4, 0.5) is 0 Å². The van der Waals surface area contributed by atoms with Crippen LogP contribution in [0.3, 0.4) is 0 Å². The van der Waals surface area contributed by atoms with Crippen molar-refractivity contribution < 1.29 is 19.1 Å². The third-order valence-electron chi connectivity index (χ3n) is 3.38. The summed E-state index contributed by atoms with van der Waals surface area (Å²) >= 11 is 0. The van der Waals surface area contributed by atoms with Gasteiger partial charge in [-0.3, -0.25) is 9.59 Å². The first-order valence-corrected chi connectivity index (χ1v) is 7.13. The number of rotatable bonds is 8. The van der Waals surface area contributed by atoms with Crippen LogP contribution in [0.25, 0.3) is 0 Å². The van der Waals surface area contributed by atoms with E-state index in [9.17, 15) is 9.59 Å².